The number of benzene rings is 2. The number of amides is 1. The number of hydrogen-bond acceptors (Lipinski definition) is 3. The smallest absolute Gasteiger partial charge is 0.261 e. The van der Waals surface area contributed by atoms with E-state index in [4.69, 9.17) is 4.74 Å². The molecule has 0 fully saturated rings. The van der Waals surface area contributed by atoms with Crippen LogP contribution in [-0.4, -0.2) is 19.6 Å². The highest BCUT2D eigenvalue weighted by atomic mass is 79.9. The first-order valence-electron chi connectivity index (χ1n) is 7.92. The van der Waals surface area contributed by atoms with E-state index in [1.54, 1.807) is 24.3 Å². The van der Waals surface area contributed by atoms with Gasteiger partial charge >= 0.3 is 0 Å². The van der Waals surface area contributed by atoms with Gasteiger partial charge < -0.3 is 10.1 Å². The Balaban J connectivity index is 1.76. The number of nitrogens with one attached hydrogen (secondary N) is 1. The predicted molar refractivity (Wildman–Crippen MR) is 103 cm³/mol. The number of methoxy groups -OCH3 is 1. The van der Waals surface area contributed by atoms with Crippen LogP contribution in [0.1, 0.15) is 20.8 Å². The molecule has 0 saturated carbocycles. The van der Waals surface area contributed by atoms with Crippen LogP contribution >= 0.6 is 27.3 Å². The second-order valence-corrected chi connectivity index (χ2v) is 7.62. The molecule has 1 heterocycles. The van der Waals surface area contributed by atoms with Crippen molar-refractivity contribution in [3.63, 3.8) is 0 Å². The summed E-state index contributed by atoms with van der Waals surface area (Å²) in [6.07, 6.45) is 0.559. The second-order valence-electron chi connectivity index (χ2n) is 5.71. The van der Waals surface area contributed by atoms with E-state index in [-0.39, 0.29) is 24.1 Å². The molecule has 3 aromatic rings. The van der Waals surface area contributed by atoms with Gasteiger partial charge in [-0.25, -0.2) is 8.78 Å². The third kappa shape index (κ3) is 3.95. The van der Waals surface area contributed by atoms with E-state index >= 15 is 0 Å². The van der Waals surface area contributed by atoms with E-state index < -0.39 is 0 Å². The summed E-state index contributed by atoms with van der Waals surface area (Å²) in [4.78, 5) is 13.0. The Morgan fingerprint density at radius 3 is 2.77 bits per heavy atom. The van der Waals surface area contributed by atoms with Crippen molar-refractivity contribution < 1.29 is 18.3 Å². The van der Waals surface area contributed by atoms with Gasteiger partial charge in [-0.15, -0.1) is 11.3 Å². The summed E-state index contributed by atoms with van der Waals surface area (Å²) >= 11 is 4.39. The topological polar surface area (TPSA) is 38.3 Å². The van der Waals surface area contributed by atoms with Crippen molar-refractivity contribution in [3.8, 4) is 0 Å². The number of ether oxygens (including phenoxy) is 1. The molecule has 1 aromatic heterocycles. The molecule has 0 aliphatic carbocycles. The summed E-state index contributed by atoms with van der Waals surface area (Å²) in [5.74, 6) is -0.950. The number of hydrogen-bond donors (Lipinski definition) is 1. The van der Waals surface area contributed by atoms with Gasteiger partial charge in [0.1, 0.15) is 11.6 Å². The average Bonchev–Trinajstić information content (AvgIpc) is 2.98. The summed E-state index contributed by atoms with van der Waals surface area (Å²) in [6, 6.07) is 9.53. The van der Waals surface area contributed by atoms with Gasteiger partial charge in [0, 0.05) is 29.3 Å². The molecular formula is C19H16BrF2NO2S. The molecule has 3 rings (SSSR count). The van der Waals surface area contributed by atoms with E-state index in [2.05, 4.69) is 21.2 Å². The third-order valence-electron chi connectivity index (χ3n) is 3.94. The fourth-order valence-electron chi connectivity index (χ4n) is 2.73. The maximum absolute atomic E-state index is 14.2. The highest BCUT2D eigenvalue weighted by Crippen LogP contribution is 2.33. The number of carbonyl (C=O) groups is 1. The predicted octanol–water partition coefficient (Wildman–Crippen LogP) is 5.06. The van der Waals surface area contributed by atoms with Gasteiger partial charge in [0.05, 0.1) is 16.0 Å². The number of rotatable bonds is 6. The number of fused-ring (bicyclic) bond motifs is 1. The van der Waals surface area contributed by atoms with Crippen LogP contribution in [0.4, 0.5) is 8.78 Å². The third-order valence-corrected chi connectivity index (χ3v) is 5.75. The molecule has 0 bridgehead atoms. The molecule has 1 amide bonds. The van der Waals surface area contributed by atoms with Crippen LogP contribution < -0.4 is 5.32 Å². The van der Waals surface area contributed by atoms with Gasteiger partial charge in [-0.2, -0.15) is 0 Å². The van der Waals surface area contributed by atoms with Crippen LogP contribution in [-0.2, 0) is 17.8 Å². The van der Waals surface area contributed by atoms with E-state index in [0.29, 0.717) is 38.0 Å². The number of thiophene rings is 1. The van der Waals surface area contributed by atoms with Crippen LogP contribution in [0.2, 0.25) is 0 Å². The maximum atomic E-state index is 14.2. The summed E-state index contributed by atoms with van der Waals surface area (Å²) in [5, 5.41) is 3.28. The van der Waals surface area contributed by atoms with Gasteiger partial charge in [0.2, 0.25) is 0 Å². The van der Waals surface area contributed by atoms with Crippen molar-refractivity contribution in [2.75, 3.05) is 13.7 Å². The minimum absolute atomic E-state index is 0.161. The van der Waals surface area contributed by atoms with E-state index in [9.17, 15) is 13.6 Å². The monoisotopic (exact) mass is 439 g/mol. The maximum Gasteiger partial charge on any atom is 0.261 e. The highest BCUT2D eigenvalue weighted by Gasteiger charge is 2.20. The highest BCUT2D eigenvalue weighted by molar-refractivity contribution is 9.10. The molecule has 26 heavy (non-hydrogen) atoms. The van der Waals surface area contributed by atoms with Gasteiger partial charge in [0.25, 0.3) is 5.91 Å². The molecule has 0 aliphatic rings. The Morgan fingerprint density at radius 2 is 2.04 bits per heavy atom. The molecule has 2 aromatic carbocycles. The second kappa shape index (κ2) is 8.24. The Morgan fingerprint density at radius 1 is 1.23 bits per heavy atom. The average molecular weight is 440 g/mol. The molecule has 0 spiro atoms. The zero-order valence-corrected chi connectivity index (χ0v) is 16.3. The fourth-order valence-corrected chi connectivity index (χ4v) is 4.29. The molecule has 1 N–H and O–H groups in total. The van der Waals surface area contributed by atoms with Gasteiger partial charge in [-0.3, -0.25) is 4.79 Å². The minimum atomic E-state index is -0.360. The van der Waals surface area contributed by atoms with Crippen LogP contribution in [0.25, 0.3) is 10.1 Å². The van der Waals surface area contributed by atoms with E-state index in [1.807, 2.05) is 0 Å². The van der Waals surface area contributed by atoms with Crippen LogP contribution in [0, 0.1) is 11.6 Å². The molecule has 0 radical (unpaired) electrons. The standard InChI is InChI=1S/C19H16BrF2NO2S/c1-25-10-12-17-15(22)3-2-4-16(17)26-18(12)19(24)23-8-7-11-5-6-14(21)13(20)9-11/h2-6,9H,7-8,10H2,1H3,(H,23,24). The van der Waals surface area contributed by atoms with Gasteiger partial charge in [-0.05, 0) is 52.2 Å². The fraction of sp³-hybridized carbons (Fsp3) is 0.211. The zero-order chi connectivity index (χ0) is 18.7. The van der Waals surface area contributed by atoms with Crippen molar-refractivity contribution in [2.45, 2.75) is 13.0 Å². The van der Waals surface area contributed by atoms with Crippen molar-refractivity contribution in [1.29, 1.82) is 0 Å². The summed E-state index contributed by atoms with van der Waals surface area (Å²) in [5.41, 5.74) is 1.46. The lowest BCUT2D eigenvalue weighted by atomic mass is 10.1. The Labute approximate surface area is 162 Å². The zero-order valence-electron chi connectivity index (χ0n) is 13.9. The Kier molecular flexibility index (Phi) is 6.01. The number of carbonyl (C=O) groups excluding carboxylic acids is 1. The lowest BCUT2D eigenvalue weighted by Gasteiger charge is -2.07. The van der Waals surface area contributed by atoms with E-state index in [0.717, 1.165) is 5.56 Å². The van der Waals surface area contributed by atoms with Crippen molar-refractivity contribution in [2.24, 2.45) is 0 Å². The van der Waals surface area contributed by atoms with Crippen molar-refractivity contribution >= 4 is 43.3 Å². The molecule has 0 unspecified atom stereocenters. The SMILES string of the molecule is COCc1c(C(=O)NCCc2ccc(F)c(Br)c2)sc2cccc(F)c12. The van der Waals surface area contributed by atoms with Gasteiger partial charge in [0.15, 0.2) is 0 Å². The Bertz CT molecular complexity index is 958. The lowest BCUT2D eigenvalue weighted by molar-refractivity contribution is 0.0954. The first-order valence-corrected chi connectivity index (χ1v) is 9.53. The molecule has 0 aliphatic heterocycles. The Hall–Kier alpha value is -1.83. The minimum Gasteiger partial charge on any atom is -0.380 e. The molecule has 0 saturated heterocycles. The largest absolute Gasteiger partial charge is 0.380 e. The van der Waals surface area contributed by atoms with Gasteiger partial charge in [-0.1, -0.05) is 12.1 Å². The quantitative estimate of drug-likeness (QED) is 0.582. The van der Waals surface area contributed by atoms with Crippen LogP contribution in [0.3, 0.4) is 0 Å². The summed E-state index contributed by atoms with van der Waals surface area (Å²) < 4.78 is 33.7. The first kappa shape index (κ1) is 18.9. The van der Waals surface area contributed by atoms with Crippen molar-refractivity contribution in [1.82, 2.24) is 5.32 Å². The molecule has 3 nitrogen and oxygen atoms in total. The van der Waals surface area contributed by atoms with E-state index in [1.165, 1.54) is 30.6 Å². The normalized spacial score (nSPS) is 11.1. The molecule has 0 atom stereocenters. The summed E-state index contributed by atoms with van der Waals surface area (Å²) in [7, 11) is 1.51. The van der Waals surface area contributed by atoms with Crippen molar-refractivity contribution in [3.05, 3.63) is 68.5 Å². The van der Waals surface area contributed by atoms with Crippen LogP contribution in [0.15, 0.2) is 40.9 Å². The number of halogens is 3. The van der Waals surface area contributed by atoms with Crippen LogP contribution in [0.5, 0.6) is 0 Å². The lowest BCUT2D eigenvalue weighted by Crippen LogP contribution is -2.25. The molecule has 136 valence electrons. The summed E-state index contributed by atoms with van der Waals surface area (Å²) in [6.45, 7) is 0.550. The first-order chi connectivity index (χ1) is 12.5. The molecule has 7 heteroatoms. The molecular weight excluding hydrogens is 424 g/mol.